The van der Waals surface area contributed by atoms with Crippen molar-refractivity contribution in [3.8, 4) is 17.6 Å². The largest absolute Gasteiger partial charge is 0.457 e. The van der Waals surface area contributed by atoms with Crippen LogP contribution in [-0.2, 0) is 16.8 Å². The highest BCUT2D eigenvalue weighted by Crippen LogP contribution is 2.33. The lowest BCUT2D eigenvalue weighted by molar-refractivity contribution is -0.120. The summed E-state index contributed by atoms with van der Waals surface area (Å²) >= 11 is 0. The molecule has 0 heterocycles. The van der Waals surface area contributed by atoms with Crippen molar-refractivity contribution in [2.24, 2.45) is 0 Å². The average molecular weight is 322 g/mol. The Kier molecular flexibility index (Phi) is 5.59. The van der Waals surface area contributed by atoms with Crippen LogP contribution in [0.2, 0.25) is 0 Å². The summed E-state index contributed by atoms with van der Waals surface area (Å²) in [6, 6.07) is 17.4. The Morgan fingerprint density at radius 3 is 2.42 bits per heavy atom. The molecule has 0 saturated heterocycles. The lowest BCUT2D eigenvalue weighted by atomic mass is 9.86. The minimum atomic E-state index is -0.267. The summed E-state index contributed by atoms with van der Waals surface area (Å²) in [5.74, 6) is 1.33. The molecule has 4 heteroatoms. The maximum Gasteiger partial charge on any atom is 0.234 e. The fourth-order valence-corrected chi connectivity index (χ4v) is 2.31. The topological polar surface area (TPSA) is 62.1 Å². The lowest BCUT2D eigenvalue weighted by Gasteiger charge is -2.22. The Hall–Kier alpha value is -2.80. The minimum absolute atomic E-state index is 0.00154. The first-order valence-electron chi connectivity index (χ1n) is 7.90. The number of amides is 1. The number of nitriles is 1. The van der Waals surface area contributed by atoms with E-state index in [2.05, 4.69) is 32.2 Å². The molecule has 0 aliphatic rings. The van der Waals surface area contributed by atoms with Crippen molar-refractivity contribution in [3.05, 3.63) is 59.7 Å². The molecule has 0 atom stereocenters. The van der Waals surface area contributed by atoms with Crippen LogP contribution in [-0.4, -0.2) is 5.91 Å². The smallest absolute Gasteiger partial charge is 0.234 e. The molecule has 1 N–H and O–H groups in total. The molecule has 0 radical (unpaired) electrons. The molecule has 0 spiro atoms. The van der Waals surface area contributed by atoms with Crippen LogP contribution in [0.4, 0.5) is 0 Å². The van der Waals surface area contributed by atoms with Crippen LogP contribution in [0.15, 0.2) is 48.5 Å². The van der Waals surface area contributed by atoms with Gasteiger partial charge in [0.05, 0.1) is 6.07 Å². The van der Waals surface area contributed by atoms with Gasteiger partial charge >= 0.3 is 0 Å². The van der Waals surface area contributed by atoms with Crippen molar-refractivity contribution in [2.45, 2.75) is 39.2 Å². The maximum absolute atomic E-state index is 11.3. The van der Waals surface area contributed by atoms with E-state index in [0.717, 1.165) is 22.6 Å². The fourth-order valence-electron chi connectivity index (χ4n) is 2.31. The number of ether oxygens (including phenoxy) is 1. The molecular formula is C20H22N2O2. The lowest BCUT2D eigenvalue weighted by Crippen LogP contribution is -2.21. The average Bonchev–Trinajstić information content (AvgIpc) is 2.54. The molecule has 1 amide bonds. The predicted octanol–water partition coefficient (Wildman–Crippen LogP) is 4.31. The fraction of sp³-hybridized carbons (Fsp3) is 0.300. The number of para-hydroxylation sites is 1. The minimum Gasteiger partial charge on any atom is -0.457 e. The van der Waals surface area contributed by atoms with Gasteiger partial charge in [-0.15, -0.1) is 0 Å². The van der Waals surface area contributed by atoms with E-state index < -0.39 is 0 Å². The van der Waals surface area contributed by atoms with Crippen LogP contribution in [0.3, 0.4) is 0 Å². The zero-order chi connectivity index (χ0) is 17.6. The monoisotopic (exact) mass is 322 g/mol. The molecule has 2 rings (SSSR count). The van der Waals surface area contributed by atoms with Gasteiger partial charge in [0.15, 0.2) is 0 Å². The van der Waals surface area contributed by atoms with Crippen LogP contribution in [0, 0.1) is 11.3 Å². The van der Waals surface area contributed by atoms with E-state index in [4.69, 9.17) is 10.00 Å². The molecule has 0 fully saturated rings. The van der Waals surface area contributed by atoms with Gasteiger partial charge in [0, 0.05) is 12.1 Å². The number of hydrogen-bond donors (Lipinski definition) is 1. The van der Waals surface area contributed by atoms with Crippen molar-refractivity contribution in [1.82, 2.24) is 5.32 Å². The number of benzene rings is 2. The number of nitrogens with one attached hydrogen (secondary N) is 1. The molecule has 0 bridgehead atoms. The first-order valence-corrected chi connectivity index (χ1v) is 7.90. The van der Waals surface area contributed by atoms with Crippen molar-refractivity contribution in [3.63, 3.8) is 0 Å². The molecule has 124 valence electrons. The van der Waals surface area contributed by atoms with E-state index in [1.807, 2.05) is 48.5 Å². The molecule has 0 aromatic heterocycles. The molecule has 0 aliphatic carbocycles. The summed E-state index contributed by atoms with van der Waals surface area (Å²) < 4.78 is 6.02. The maximum atomic E-state index is 11.3. The van der Waals surface area contributed by atoms with Crippen LogP contribution in [0.5, 0.6) is 11.5 Å². The third-order valence-corrected chi connectivity index (χ3v) is 3.58. The first kappa shape index (κ1) is 17.6. The quantitative estimate of drug-likeness (QED) is 0.892. The second-order valence-corrected chi connectivity index (χ2v) is 6.60. The van der Waals surface area contributed by atoms with Crippen LogP contribution < -0.4 is 10.1 Å². The Bertz CT molecular complexity index is 737. The Morgan fingerprint density at radius 2 is 1.79 bits per heavy atom. The number of hydrogen-bond acceptors (Lipinski definition) is 3. The second kappa shape index (κ2) is 7.65. The standard InChI is InChI=1S/C20H22N2O2/c1-20(2,3)17-6-4-5-7-18(17)24-16-10-8-15(9-11-16)14-22-19(23)12-13-21/h4-11H,12,14H2,1-3H3,(H,22,23). The van der Waals surface area contributed by atoms with E-state index in [1.54, 1.807) is 0 Å². The van der Waals surface area contributed by atoms with Gasteiger partial charge in [-0.05, 0) is 29.2 Å². The van der Waals surface area contributed by atoms with Gasteiger partial charge in [-0.2, -0.15) is 5.26 Å². The molecular weight excluding hydrogens is 300 g/mol. The number of carbonyl (C=O) groups is 1. The number of carbonyl (C=O) groups excluding carboxylic acids is 1. The van der Waals surface area contributed by atoms with Crippen LogP contribution in [0.1, 0.15) is 38.3 Å². The molecule has 2 aromatic carbocycles. The van der Waals surface area contributed by atoms with Gasteiger partial charge in [0.1, 0.15) is 17.9 Å². The number of nitrogens with zero attached hydrogens (tertiary/aromatic N) is 1. The first-order chi connectivity index (χ1) is 11.4. The van der Waals surface area contributed by atoms with E-state index in [0.29, 0.717) is 6.54 Å². The van der Waals surface area contributed by atoms with Gasteiger partial charge in [0.2, 0.25) is 5.91 Å². The second-order valence-electron chi connectivity index (χ2n) is 6.60. The Labute approximate surface area is 143 Å². The zero-order valence-corrected chi connectivity index (χ0v) is 14.3. The molecule has 2 aromatic rings. The van der Waals surface area contributed by atoms with E-state index in [-0.39, 0.29) is 17.7 Å². The van der Waals surface area contributed by atoms with Crippen molar-refractivity contribution in [1.29, 1.82) is 5.26 Å². The molecule has 4 nitrogen and oxygen atoms in total. The summed E-state index contributed by atoms with van der Waals surface area (Å²) in [7, 11) is 0. The SMILES string of the molecule is CC(C)(C)c1ccccc1Oc1ccc(CNC(=O)CC#N)cc1. The molecule has 0 unspecified atom stereocenters. The summed E-state index contributed by atoms with van der Waals surface area (Å²) in [4.78, 5) is 11.3. The molecule has 0 saturated carbocycles. The Morgan fingerprint density at radius 1 is 1.12 bits per heavy atom. The highest BCUT2D eigenvalue weighted by Gasteiger charge is 2.18. The van der Waals surface area contributed by atoms with Gasteiger partial charge in [0.25, 0.3) is 0 Å². The van der Waals surface area contributed by atoms with Crippen molar-refractivity contribution < 1.29 is 9.53 Å². The molecule has 0 aliphatic heterocycles. The van der Waals surface area contributed by atoms with Crippen molar-refractivity contribution in [2.75, 3.05) is 0 Å². The Balaban J connectivity index is 2.05. The predicted molar refractivity (Wildman–Crippen MR) is 93.7 cm³/mol. The molecule has 24 heavy (non-hydrogen) atoms. The highest BCUT2D eigenvalue weighted by molar-refractivity contribution is 5.77. The van der Waals surface area contributed by atoms with Gasteiger partial charge in [-0.1, -0.05) is 51.1 Å². The zero-order valence-electron chi connectivity index (χ0n) is 14.3. The number of rotatable bonds is 5. The third-order valence-electron chi connectivity index (χ3n) is 3.58. The van der Waals surface area contributed by atoms with Crippen molar-refractivity contribution >= 4 is 5.91 Å². The van der Waals surface area contributed by atoms with Crippen LogP contribution >= 0.6 is 0 Å². The van der Waals surface area contributed by atoms with E-state index in [9.17, 15) is 4.79 Å². The van der Waals surface area contributed by atoms with Gasteiger partial charge in [-0.3, -0.25) is 4.79 Å². The third kappa shape index (κ3) is 4.85. The van der Waals surface area contributed by atoms with Gasteiger partial charge in [-0.25, -0.2) is 0 Å². The summed E-state index contributed by atoms with van der Waals surface area (Å²) in [5.41, 5.74) is 2.11. The summed E-state index contributed by atoms with van der Waals surface area (Å²) in [5, 5.41) is 11.2. The van der Waals surface area contributed by atoms with E-state index in [1.165, 1.54) is 0 Å². The highest BCUT2D eigenvalue weighted by atomic mass is 16.5. The summed E-state index contributed by atoms with van der Waals surface area (Å²) in [6.45, 7) is 6.87. The normalized spacial score (nSPS) is 10.8. The van der Waals surface area contributed by atoms with E-state index >= 15 is 0 Å². The summed E-state index contributed by atoms with van der Waals surface area (Å²) in [6.07, 6.45) is -0.120. The van der Waals surface area contributed by atoms with Crippen LogP contribution in [0.25, 0.3) is 0 Å². The van der Waals surface area contributed by atoms with Gasteiger partial charge < -0.3 is 10.1 Å².